The van der Waals surface area contributed by atoms with Crippen molar-refractivity contribution in [3.63, 3.8) is 0 Å². The third kappa shape index (κ3) is 9.31. The molecular weight excluding hydrogens is 448 g/mol. The second-order valence-electron chi connectivity index (χ2n) is 8.96. The third-order valence-corrected chi connectivity index (χ3v) is 4.68. The maximum atomic E-state index is 12.4. The molecule has 0 aliphatic heterocycles. The van der Waals surface area contributed by atoms with Crippen molar-refractivity contribution in [2.24, 2.45) is 0 Å². The van der Waals surface area contributed by atoms with Gasteiger partial charge in [-0.25, -0.2) is 4.79 Å². The SMILES string of the molecule is Cc1ccc(CN[C@@H](Oc2cccc(C=C(C#N)C(=O)NC(C)(C)C)c2)C(C=O)NC(=O)O)cc1. The molecule has 0 aliphatic rings. The predicted molar refractivity (Wildman–Crippen MR) is 131 cm³/mol. The summed E-state index contributed by atoms with van der Waals surface area (Å²) in [5, 5.41) is 26.5. The standard InChI is InChI=1S/C26H30N4O5/c1-17-8-10-18(11-9-17)15-28-24(22(16-31)29-25(33)34)35-21-7-5-6-19(13-21)12-20(14-27)23(32)30-26(2,3)4/h5-13,16,22,24,28-29H,15H2,1-4H3,(H,30,32)(H,33,34)/t22?,24-/m0/s1. The Morgan fingerprint density at radius 1 is 1.17 bits per heavy atom. The number of hydrogen-bond acceptors (Lipinski definition) is 6. The monoisotopic (exact) mass is 478 g/mol. The van der Waals surface area contributed by atoms with E-state index >= 15 is 0 Å². The van der Waals surface area contributed by atoms with E-state index in [9.17, 15) is 19.6 Å². The number of hydrogen-bond donors (Lipinski definition) is 4. The van der Waals surface area contributed by atoms with E-state index in [4.69, 9.17) is 9.84 Å². The van der Waals surface area contributed by atoms with Crippen molar-refractivity contribution >= 4 is 24.4 Å². The first-order chi connectivity index (χ1) is 16.5. The summed E-state index contributed by atoms with van der Waals surface area (Å²) in [5.41, 5.74) is 1.95. The summed E-state index contributed by atoms with van der Waals surface area (Å²) in [6.07, 6.45) is -0.512. The van der Waals surface area contributed by atoms with Crippen LogP contribution in [0.2, 0.25) is 0 Å². The van der Waals surface area contributed by atoms with Gasteiger partial charge in [0.15, 0.2) is 6.23 Å². The number of carbonyl (C=O) groups excluding carboxylic acids is 2. The summed E-state index contributed by atoms with van der Waals surface area (Å²) < 4.78 is 5.93. The van der Waals surface area contributed by atoms with Gasteiger partial charge in [0.25, 0.3) is 5.91 Å². The van der Waals surface area contributed by atoms with Crippen molar-refractivity contribution < 1.29 is 24.2 Å². The molecule has 4 N–H and O–H groups in total. The molecular formula is C26H30N4O5. The van der Waals surface area contributed by atoms with Gasteiger partial charge in [0.1, 0.15) is 29.7 Å². The summed E-state index contributed by atoms with van der Waals surface area (Å²) in [5.74, 6) is -0.191. The maximum Gasteiger partial charge on any atom is 0.405 e. The van der Waals surface area contributed by atoms with Crippen LogP contribution in [0.5, 0.6) is 5.75 Å². The van der Waals surface area contributed by atoms with Crippen LogP contribution < -0.4 is 20.7 Å². The molecule has 35 heavy (non-hydrogen) atoms. The van der Waals surface area contributed by atoms with Crippen molar-refractivity contribution in [2.45, 2.75) is 52.0 Å². The van der Waals surface area contributed by atoms with Crippen LogP contribution in [-0.2, 0) is 16.1 Å². The fraction of sp³-hybridized carbons (Fsp3) is 0.308. The molecule has 0 saturated carbocycles. The molecule has 0 heterocycles. The third-order valence-electron chi connectivity index (χ3n) is 4.68. The highest BCUT2D eigenvalue weighted by molar-refractivity contribution is 6.02. The van der Waals surface area contributed by atoms with Gasteiger partial charge in [-0.1, -0.05) is 42.0 Å². The van der Waals surface area contributed by atoms with Gasteiger partial charge in [0, 0.05) is 12.1 Å². The van der Waals surface area contributed by atoms with Gasteiger partial charge in [0.2, 0.25) is 0 Å². The van der Waals surface area contributed by atoms with Gasteiger partial charge in [0.05, 0.1) is 0 Å². The lowest BCUT2D eigenvalue weighted by Crippen LogP contribution is -2.53. The van der Waals surface area contributed by atoms with Gasteiger partial charge < -0.3 is 25.3 Å². The zero-order valence-corrected chi connectivity index (χ0v) is 20.2. The molecule has 2 aromatic carbocycles. The van der Waals surface area contributed by atoms with Crippen LogP contribution in [0, 0.1) is 18.3 Å². The van der Waals surface area contributed by atoms with Crippen molar-refractivity contribution in [1.29, 1.82) is 5.26 Å². The lowest BCUT2D eigenvalue weighted by Gasteiger charge is -2.25. The van der Waals surface area contributed by atoms with Crippen molar-refractivity contribution in [1.82, 2.24) is 16.0 Å². The Morgan fingerprint density at radius 3 is 2.43 bits per heavy atom. The molecule has 0 radical (unpaired) electrons. The first-order valence-corrected chi connectivity index (χ1v) is 11.0. The number of nitriles is 1. The molecule has 0 bridgehead atoms. The maximum absolute atomic E-state index is 12.4. The minimum atomic E-state index is -1.37. The van der Waals surface area contributed by atoms with E-state index in [1.807, 2.05) is 58.0 Å². The number of carboxylic acid groups (broad SMARTS) is 1. The van der Waals surface area contributed by atoms with Gasteiger partial charge >= 0.3 is 6.09 Å². The van der Waals surface area contributed by atoms with Crippen LogP contribution >= 0.6 is 0 Å². The summed E-state index contributed by atoms with van der Waals surface area (Å²) in [7, 11) is 0. The average Bonchev–Trinajstić information content (AvgIpc) is 2.78. The number of benzene rings is 2. The zero-order valence-electron chi connectivity index (χ0n) is 20.2. The number of amides is 2. The van der Waals surface area contributed by atoms with E-state index in [0.717, 1.165) is 11.1 Å². The van der Waals surface area contributed by atoms with E-state index < -0.39 is 29.8 Å². The Kier molecular flexibility index (Phi) is 9.55. The first-order valence-electron chi connectivity index (χ1n) is 11.0. The Morgan fingerprint density at radius 2 is 1.86 bits per heavy atom. The topological polar surface area (TPSA) is 141 Å². The Bertz CT molecular complexity index is 1110. The first kappa shape index (κ1) is 27.1. The summed E-state index contributed by atoms with van der Waals surface area (Å²) >= 11 is 0. The van der Waals surface area contributed by atoms with E-state index in [1.54, 1.807) is 24.3 Å². The number of nitrogens with zero attached hydrogens (tertiary/aromatic N) is 1. The zero-order chi connectivity index (χ0) is 26.0. The number of nitrogens with one attached hydrogen (secondary N) is 3. The fourth-order valence-electron chi connectivity index (χ4n) is 3.04. The molecule has 2 rings (SSSR count). The summed E-state index contributed by atoms with van der Waals surface area (Å²) in [4.78, 5) is 35.2. The number of carbonyl (C=O) groups is 3. The minimum Gasteiger partial charge on any atom is -0.473 e. The molecule has 2 amide bonds. The molecule has 0 spiro atoms. The quantitative estimate of drug-likeness (QED) is 0.178. The molecule has 9 nitrogen and oxygen atoms in total. The van der Waals surface area contributed by atoms with Crippen LogP contribution in [0.3, 0.4) is 0 Å². The molecule has 1 unspecified atom stereocenters. The van der Waals surface area contributed by atoms with Crippen LogP contribution in [0.4, 0.5) is 4.79 Å². The second-order valence-corrected chi connectivity index (χ2v) is 8.96. The van der Waals surface area contributed by atoms with Crippen LogP contribution in [0.25, 0.3) is 6.08 Å². The van der Waals surface area contributed by atoms with Crippen molar-refractivity contribution in [3.8, 4) is 11.8 Å². The van der Waals surface area contributed by atoms with Gasteiger partial charge in [-0.2, -0.15) is 5.26 Å². The highest BCUT2D eigenvalue weighted by Gasteiger charge is 2.25. The minimum absolute atomic E-state index is 0.0792. The Labute approximate surface area is 204 Å². The second kappa shape index (κ2) is 12.3. The summed E-state index contributed by atoms with van der Waals surface area (Å²) in [6, 6.07) is 15.0. The number of ether oxygens (including phenoxy) is 1. The van der Waals surface area contributed by atoms with E-state index in [2.05, 4.69) is 16.0 Å². The molecule has 2 aromatic rings. The fourth-order valence-corrected chi connectivity index (χ4v) is 3.04. The highest BCUT2D eigenvalue weighted by Crippen LogP contribution is 2.18. The van der Waals surface area contributed by atoms with Gasteiger partial charge in [-0.05, 0) is 57.0 Å². The lowest BCUT2D eigenvalue weighted by atomic mass is 10.1. The van der Waals surface area contributed by atoms with Crippen LogP contribution in [0.1, 0.15) is 37.5 Å². The highest BCUT2D eigenvalue weighted by atomic mass is 16.5. The lowest BCUT2D eigenvalue weighted by molar-refractivity contribution is -0.118. The van der Waals surface area contributed by atoms with Gasteiger partial charge in [-0.3, -0.25) is 10.1 Å². The Hall–Kier alpha value is -4.16. The largest absolute Gasteiger partial charge is 0.473 e. The molecule has 0 aromatic heterocycles. The van der Waals surface area contributed by atoms with E-state index in [0.29, 0.717) is 24.1 Å². The van der Waals surface area contributed by atoms with Gasteiger partial charge in [-0.15, -0.1) is 0 Å². The van der Waals surface area contributed by atoms with Crippen molar-refractivity contribution in [2.75, 3.05) is 0 Å². The molecule has 0 fully saturated rings. The summed E-state index contributed by atoms with van der Waals surface area (Å²) in [6.45, 7) is 7.72. The molecule has 184 valence electrons. The molecule has 0 aliphatic carbocycles. The number of aryl methyl sites for hydroxylation is 1. The predicted octanol–water partition coefficient (Wildman–Crippen LogP) is 3.15. The Balaban J connectivity index is 2.26. The van der Waals surface area contributed by atoms with Crippen LogP contribution in [0.15, 0.2) is 54.1 Å². The number of rotatable bonds is 10. The van der Waals surface area contributed by atoms with E-state index in [-0.39, 0.29) is 5.57 Å². The van der Waals surface area contributed by atoms with Crippen molar-refractivity contribution in [3.05, 3.63) is 70.8 Å². The average molecular weight is 479 g/mol. The van der Waals surface area contributed by atoms with E-state index in [1.165, 1.54) is 6.08 Å². The van der Waals surface area contributed by atoms with Crippen LogP contribution in [-0.4, -0.2) is 41.2 Å². The molecule has 0 saturated heterocycles. The number of aldehydes is 1. The molecule has 9 heteroatoms. The normalized spacial score (nSPS) is 13.2. The smallest absolute Gasteiger partial charge is 0.405 e. The molecule has 2 atom stereocenters.